The molecule has 0 aliphatic carbocycles. The number of aromatic nitrogens is 4. The Bertz CT molecular complexity index is 610. The molecule has 0 aliphatic rings. The molecule has 0 saturated carbocycles. The Morgan fingerprint density at radius 1 is 1.39 bits per heavy atom. The van der Waals surface area contributed by atoms with E-state index in [0.717, 1.165) is 0 Å². The number of hydrogen-bond donors (Lipinski definition) is 1. The van der Waals surface area contributed by atoms with E-state index in [1.54, 1.807) is 6.92 Å². The molecule has 0 fully saturated rings. The lowest BCUT2D eigenvalue weighted by atomic mass is 10.3. The number of anilines is 1. The Balaban J connectivity index is 2.46. The fourth-order valence-electron chi connectivity index (χ4n) is 1.31. The third-order valence-corrected chi connectivity index (χ3v) is 2.13. The quantitative estimate of drug-likeness (QED) is 0.828. The SMILES string of the molecule is C#CC(C)Nc1ccc2nnc(C(F)(F)F)n2n1. The van der Waals surface area contributed by atoms with Gasteiger partial charge in [-0.25, -0.2) is 0 Å². The minimum absolute atomic E-state index is 0.0150. The van der Waals surface area contributed by atoms with Crippen molar-refractivity contribution in [2.45, 2.75) is 19.1 Å². The predicted molar refractivity (Wildman–Crippen MR) is 57.7 cm³/mol. The van der Waals surface area contributed by atoms with E-state index in [1.807, 2.05) is 0 Å². The molecule has 2 aromatic rings. The van der Waals surface area contributed by atoms with Gasteiger partial charge in [0.1, 0.15) is 5.82 Å². The van der Waals surface area contributed by atoms with Gasteiger partial charge in [-0.2, -0.15) is 17.7 Å². The summed E-state index contributed by atoms with van der Waals surface area (Å²) in [4.78, 5) is 0. The maximum absolute atomic E-state index is 12.6. The van der Waals surface area contributed by atoms with Crippen LogP contribution in [0.3, 0.4) is 0 Å². The molecule has 18 heavy (non-hydrogen) atoms. The first-order chi connectivity index (χ1) is 8.41. The van der Waals surface area contributed by atoms with Crippen LogP contribution in [-0.2, 0) is 6.18 Å². The monoisotopic (exact) mass is 255 g/mol. The summed E-state index contributed by atoms with van der Waals surface area (Å²) in [5, 5.41) is 13.0. The summed E-state index contributed by atoms with van der Waals surface area (Å²) in [6.07, 6.45) is 0.552. The Morgan fingerprint density at radius 3 is 2.72 bits per heavy atom. The fraction of sp³-hybridized carbons (Fsp3) is 0.300. The van der Waals surface area contributed by atoms with Crippen LogP contribution in [0.5, 0.6) is 0 Å². The number of alkyl halides is 3. The van der Waals surface area contributed by atoms with Gasteiger partial charge in [-0.3, -0.25) is 0 Å². The number of terminal acetylenes is 1. The van der Waals surface area contributed by atoms with E-state index in [1.165, 1.54) is 12.1 Å². The zero-order chi connectivity index (χ0) is 13.3. The molecule has 5 nitrogen and oxygen atoms in total. The Morgan fingerprint density at radius 2 is 2.11 bits per heavy atom. The first-order valence-corrected chi connectivity index (χ1v) is 4.94. The van der Waals surface area contributed by atoms with E-state index in [4.69, 9.17) is 6.42 Å². The van der Waals surface area contributed by atoms with E-state index in [0.29, 0.717) is 4.52 Å². The van der Waals surface area contributed by atoms with Crippen molar-refractivity contribution in [1.29, 1.82) is 0 Å². The topological polar surface area (TPSA) is 55.1 Å². The zero-order valence-electron chi connectivity index (χ0n) is 9.23. The van der Waals surface area contributed by atoms with Crippen molar-refractivity contribution in [1.82, 2.24) is 19.8 Å². The van der Waals surface area contributed by atoms with Crippen molar-refractivity contribution in [3.8, 4) is 12.3 Å². The average Bonchev–Trinajstić information content (AvgIpc) is 2.71. The lowest BCUT2D eigenvalue weighted by molar-refractivity contribution is -0.146. The van der Waals surface area contributed by atoms with E-state index in [2.05, 4.69) is 26.5 Å². The lowest BCUT2D eigenvalue weighted by Crippen LogP contribution is -2.16. The van der Waals surface area contributed by atoms with E-state index < -0.39 is 12.0 Å². The van der Waals surface area contributed by atoms with Crippen LogP contribution in [0.4, 0.5) is 19.0 Å². The molecule has 2 aromatic heterocycles. The molecule has 0 amide bonds. The number of hydrogen-bond acceptors (Lipinski definition) is 4. The number of halogens is 3. The van der Waals surface area contributed by atoms with Crippen LogP contribution in [0, 0.1) is 12.3 Å². The highest BCUT2D eigenvalue weighted by molar-refractivity contribution is 5.45. The largest absolute Gasteiger partial charge is 0.453 e. The van der Waals surface area contributed by atoms with Gasteiger partial charge in [0.05, 0.1) is 6.04 Å². The molecule has 0 aliphatic heterocycles. The molecule has 2 rings (SSSR count). The van der Waals surface area contributed by atoms with E-state index in [9.17, 15) is 13.2 Å². The molecule has 2 heterocycles. The summed E-state index contributed by atoms with van der Waals surface area (Å²) in [6.45, 7) is 1.68. The van der Waals surface area contributed by atoms with Gasteiger partial charge in [-0.1, -0.05) is 5.92 Å². The second-order valence-corrected chi connectivity index (χ2v) is 3.54. The first kappa shape index (κ1) is 12.2. The van der Waals surface area contributed by atoms with Gasteiger partial charge in [-0.15, -0.1) is 21.7 Å². The third kappa shape index (κ3) is 2.20. The summed E-state index contributed by atoms with van der Waals surface area (Å²) in [5.41, 5.74) is 0.0150. The molecule has 94 valence electrons. The van der Waals surface area contributed by atoms with E-state index >= 15 is 0 Å². The van der Waals surface area contributed by atoms with Gasteiger partial charge in [0.15, 0.2) is 5.65 Å². The second-order valence-electron chi connectivity index (χ2n) is 3.54. The highest BCUT2D eigenvalue weighted by Crippen LogP contribution is 2.27. The lowest BCUT2D eigenvalue weighted by Gasteiger charge is -2.09. The minimum atomic E-state index is -4.61. The maximum Gasteiger partial charge on any atom is 0.453 e. The summed E-state index contributed by atoms with van der Waals surface area (Å²) in [6, 6.07) is 2.51. The van der Waals surface area contributed by atoms with Gasteiger partial charge in [-0.05, 0) is 19.1 Å². The summed E-state index contributed by atoms with van der Waals surface area (Å²) in [7, 11) is 0. The molecular formula is C10H8F3N5. The average molecular weight is 255 g/mol. The molecule has 1 N–H and O–H groups in total. The molecule has 1 unspecified atom stereocenters. The number of nitrogens with zero attached hydrogens (tertiary/aromatic N) is 4. The Kier molecular flexibility index (Phi) is 2.82. The molecular weight excluding hydrogens is 247 g/mol. The summed E-state index contributed by atoms with van der Waals surface area (Å²) < 4.78 is 38.4. The van der Waals surface area contributed by atoms with Crippen molar-refractivity contribution in [3.05, 3.63) is 18.0 Å². The number of rotatable bonds is 2. The highest BCUT2D eigenvalue weighted by Gasteiger charge is 2.37. The van der Waals surface area contributed by atoms with Gasteiger partial charge in [0.2, 0.25) is 0 Å². The fourth-order valence-corrected chi connectivity index (χ4v) is 1.31. The number of fused-ring (bicyclic) bond motifs is 1. The van der Waals surface area contributed by atoms with Crippen LogP contribution in [0.2, 0.25) is 0 Å². The van der Waals surface area contributed by atoms with Crippen LogP contribution in [-0.4, -0.2) is 25.9 Å². The summed E-state index contributed by atoms with van der Waals surface area (Å²) >= 11 is 0. The maximum atomic E-state index is 12.6. The molecule has 0 saturated heterocycles. The smallest absolute Gasteiger partial charge is 0.355 e. The molecule has 1 atom stereocenters. The van der Waals surface area contributed by atoms with Gasteiger partial charge < -0.3 is 5.32 Å². The van der Waals surface area contributed by atoms with Crippen molar-refractivity contribution >= 4 is 11.5 Å². The van der Waals surface area contributed by atoms with Crippen LogP contribution in [0.15, 0.2) is 12.1 Å². The van der Waals surface area contributed by atoms with Gasteiger partial charge >= 0.3 is 6.18 Å². The molecule has 0 aromatic carbocycles. The molecule has 8 heteroatoms. The third-order valence-electron chi connectivity index (χ3n) is 2.13. The Hall–Kier alpha value is -2.30. The van der Waals surface area contributed by atoms with Crippen LogP contribution in [0.25, 0.3) is 5.65 Å². The molecule has 0 spiro atoms. The second kappa shape index (κ2) is 4.18. The predicted octanol–water partition coefficient (Wildman–Crippen LogP) is 1.58. The van der Waals surface area contributed by atoms with Crippen LogP contribution >= 0.6 is 0 Å². The minimum Gasteiger partial charge on any atom is -0.355 e. The van der Waals surface area contributed by atoms with Crippen LogP contribution in [0.1, 0.15) is 12.7 Å². The zero-order valence-corrected chi connectivity index (χ0v) is 9.23. The Labute approximate surface area is 100 Å². The molecule has 0 bridgehead atoms. The molecule has 0 radical (unpaired) electrons. The van der Waals surface area contributed by atoms with Crippen molar-refractivity contribution in [2.24, 2.45) is 0 Å². The number of nitrogens with one attached hydrogen (secondary N) is 1. The highest BCUT2D eigenvalue weighted by atomic mass is 19.4. The van der Waals surface area contributed by atoms with Crippen molar-refractivity contribution < 1.29 is 13.2 Å². The van der Waals surface area contributed by atoms with Crippen molar-refractivity contribution in [2.75, 3.05) is 5.32 Å². The summed E-state index contributed by atoms with van der Waals surface area (Å²) in [5.74, 6) is 1.44. The van der Waals surface area contributed by atoms with Crippen LogP contribution < -0.4 is 5.32 Å². The van der Waals surface area contributed by atoms with Gasteiger partial charge in [0, 0.05) is 0 Å². The normalized spacial score (nSPS) is 13.3. The standard InChI is InChI=1S/C10H8F3N5/c1-3-6(2)14-7-4-5-8-15-16-9(10(11,12)13)18(8)17-7/h1,4-6H,2H3,(H,14,17). The van der Waals surface area contributed by atoms with Gasteiger partial charge in [0.25, 0.3) is 5.82 Å². The van der Waals surface area contributed by atoms with Crippen molar-refractivity contribution in [3.63, 3.8) is 0 Å². The first-order valence-electron chi connectivity index (χ1n) is 4.94. The van der Waals surface area contributed by atoms with E-state index in [-0.39, 0.29) is 17.5 Å².